The van der Waals surface area contributed by atoms with Gasteiger partial charge >= 0.3 is 262 Å². The first-order chi connectivity index (χ1) is 21.2. The summed E-state index contributed by atoms with van der Waals surface area (Å²) in [4.78, 5) is 0. The Morgan fingerprint density at radius 3 is 1.20 bits per heavy atom. The molecule has 4 aliphatic carbocycles. The van der Waals surface area contributed by atoms with Crippen LogP contribution in [0.25, 0.3) is 34.4 Å². The van der Waals surface area contributed by atoms with Gasteiger partial charge in [-0.05, 0) is 0 Å². The van der Waals surface area contributed by atoms with Crippen molar-refractivity contribution in [2.45, 2.75) is 28.4 Å². The molecule has 4 aromatic rings. The molecule has 3 heteroatoms. The summed E-state index contributed by atoms with van der Waals surface area (Å²) in [6.45, 7) is 4.87. The fraction of sp³-hybridized carbons (Fsp3) is 0.143. The van der Waals surface area contributed by atoms with Crippen LogP contribution in [0, 0.1) is 0 Å². The standard InChI is InChI=1S/2C16H13.2C5H5.2ClH.Zr/c2*1-12-10-14-8-5-9-15(16(14)11-12)13-6-3-2-4-7-13;2*1-2-4-5-3-1;;;/h2*2-11H,1H3;2*1-5H;2*1H;/p-2. The van der Waals surface area contributed by atoms with E-state index in [1.165, 1.54) is 33.4 Å². The van der Waals surface area contributed by atoms with Crippen LogP contribution >= 0.6 is 0 Å². The molecule has 0 fully saturated rings. The van der Waals surface area contributed by atoms with Crippen LogP contribution in [-0.4, -0.2) is 0 Å². The molecule has 2 unspecified atom stereocenters. The summed E-state index contributed by atoms with van der Waals surface area (Å²) in [6, 6.07) is 36.1. The van der Waals surface area contributed by atoms with Crippen molar-refractivity contribution >= 4 is 12.2 Å². The third kappa shape index (κ3) is 5.00. The molecule has 224 valence electrons. The molecular weight excluding hydrogens is 667 g/mol. The summed E-state index contributed by atoms with van der Waals surface area (Å²) in [5.41, 5.74) is 14.4. The van der Waals surface area contributed by atoms with Crippen LogP contribution in [0.15, 0.2) is 157 Å². The van der Waals surface area contributed by atoms with Crippen LogP contribution in [-0.2, 0) is 20.3 Å². The zero-order valence-corrected chi connectivity index (χ0v) is 29.5. The maximum atomic E-state index is 2.56. The van der Waals surface area contributed by atoms with Crippen molar-refractivity contribution in [2.75, 3.05) is 0 Å². The Bertz CT molecular complexity index is 1740. The molecule has 0 saturated carbocycles. The van der Waals surface area contributed by atoms with Crippen LogP contribution < -0.4 is 24.8 Å². The van der Waals surface area contributed by atoms with E-state index < -0.39 is 20.3 Å². The number of fused-ring (bicyclic) bond motifs is 2. The number of benzene rings is 4. The summed E-state index contributed by atoms with van der Waals surface area (Å²) in [5.74, 6) is 0. The molecule has 0 amide bonds. The minimum Gasteiger partial charge on any atom is -1.00 e. The summed E-state index contributed by atoms with van der Waals surface area (Å²) in [5, 5.41) is 0. The Kier molecular flexibility index (Phi) is 9.09. The normalized spacial score (nSPS) is 19.6. The first-order valence-electron chi connectivity index (χ1n) is 15.6. The predicted molar refractivity (Wildman–Crippen MR) is 181 cm³/mol. The molecule has 0 heterocycles. The maximum Gasteiger partial charge on any atom is -1.00 e. The predicted octanol–water partition coefficient (Wildman–Crippen LogP) is 5.63. The summed E-state index contributed by atoms with van der Waals surface area (Å²) in [6.07, 6.45) is 24.6. The van der Waals surface area contributed by atoms with E-state index in [0.29, 0.717) is 14.5 Å². The van der Waals surface area contributed by atoms with Gasteiger partial charge in [0.1, 0.15) is 0 Å². The second-order valence-corrected chi connectivity index (χ2v) is 23.6. The number of halogens is 2. The van der Waals surface area contributed by atoms with Gasteiger partial charge in [0, 0.05) is 0 Å². The van der Waals surface area contributed by atoms with E-state index in [4.69, 9.17) is 0 Å². The van der Waals surface area contributed by atoms with Gasteiger partial charge in [0.2, 0.25) is 0 Å². The van der Waals surface area contributed by atoms with Crippen molar-refractivity contribution in [1.82, 2.24) is 0 Å². The van der Waals surface area contributed by atoms with Crippen molar-refractivity contribution in [1.29, 1.82) is 0 Å². The fourth-order valence-electron chi connectivity index (χ4n) is 8.86. The zero-order valence-electron chi connectivity index (χ0n) is 25.6. The summed E-state index contributed by atoms with van der Waals surface area (Å²) >= 11 is -3.58. The summed E-state index contributed by atoms with van der Waals surface area (Å²) < 4.78 is 1.90. The third-order valence-electron chi connectivity index (χ3n) is 10.4. The van der Waals surface area contributed by atoms with Crippen LogP contribution in [0.4, 0.5) is 0 Å². The minimum absolute atomic E-state index is 0. The van der Waals surface area contributed by atoms with Gasteiger partial charge in [-0.15, -0.1) is 0 Å². The smallest absolute Gasteiger partial charge is 1.00 e. The van der Waals surface area contributed by atoms with Gasteiger partial charge in [-0.3, -0.25) is 0 Å². The van der Waals surface area contributed by atoms with E-state index in [-0.39, 0.29) is 24.8 Å². The van der Waals surface area contributed by atoms with Gasteiger partial charge in [0.15, 0.2) is 0 Å². The van der Waals surface area contributed by atoms with E-state index in [0.717, 1.165) is 0 Å². The van der Waals surface area contributed by atoms with Gasteiger partial charge in [-0.1, -0.05) is 0 Å². The van der Waals surface area contributed by atoms with Crippen molar-refractivity contribution in [2.24, 2.45) is 0 Å². The largest absolute Gasteiger partial charge is 1.00 e. The molecule has 0 aromatic heterocycles. The molecule has 4 aromatic carbocycles. The molecule has 0 nitrogen and oxygen atoms in total. The van der Waals surface area contributed by atoms with Gasteiger partial charge < -0.3 is 24.8 Å². The van der Waals surface area contributed by atoms with Gasteiger partial charge in [-0.2, -0.15) is 0 Å². The average molecular weight is 703 g/mol. The van der Waals surface area contributed by atoms with Crippen molar-refractivity contribution in [3.05, 3.63) is 179 Å². The van der Waals surface area contributed by atoms with Crippen LogP contribution in [0.3, 0.4) is 0 Å². The van der Waals surface area contributed by atoms with Crippen LogP contribution in [0.2, 0.25) is 7.25 Å². The van der Waals surface area contributed by atoms with Crippen molar-refractivity contribution in [3.63, 3.8) is 0 Å². The molecule has 0 spiro atoms. The monoisotopic (exact) mass is 700 g/mol. The minimum atomic E-state index is -3.58. The van der Waals surface area contributed by atoms with E-state index in [2.05, 4.69) is 172 Å². The molecular formula is C42H36Cl2Zr-2. The van der Waals surface area contributed by atoms with Gasteiger partial charge in [0.25, 0.3) is 0 Å². The second-order valence-electron chi connectivity index (χ2n) is 12.6. The molecule has 0 radical (unpaired) electrons. The molecule has 0 bridgehead atoms. The first-order valence-corrected chi connectivity index (χ1v) is 21.3. The molecule has 0 aliphatic heterocycles. The molecule has 0 saturated heterocycles. The topological polar surface area (TPSA) is 0 Å². The summed E-state index contributed by atoms with van der Waals surface area (Å²) in [7, 11) is 0. The second kappa shape index (κ2) is 12.9. The molecule has 0 N–H and O–H groups in total. The van der Waals surface area contributed by atoms with E-state index in [9.17, 15) is 0 Å². The number of allylic oxidation sites excluding steroid dienone is 10. The Hall–Kier alpha value is -3.22. The van der Waals surface area contributed by atoms with Crippen LogP contribution in [0.1, 0.15) is 43.4 Å². The molecule has 8 rings (SSSR count). The van der Waals surface area contributed by atoms with E-state index in [1.54, 1.807) is 22.3 Å². The Morgan fingerprint density at radius 2 is 0.822 bits per heavy atom. The SMILES string of the molecule is CC1=Cc2c(-c3ccccc3)cccc2[CH]1[Zr]([CH]1C=CC=C1)([CH]1C=CC=C1)[CH]1C(C)=Cc2c(-c3ccccc3)cccc21.[Cl-].[Cl-]. The van der Waals surface area contributed by atoms with Gasteiger partial charge in [-0.25, -0.2) is 0 Å². The molecule has 4 aliphatic rings. The van der Waals surface area contributed by atoms with E-state index in [1.807, 2.05) is 0 Å². The van der Waals surface area contributed by atoms with Crippen LogP contribution in [0.5, 0.6) is 0 Å². The number of hydrogen-bond donors (Lipinski definition) is 0. The Labute approximate surface area is 284 Å². The zero-order chi connectivity index (χ0) is 29.0. The fourth-order valence-corrected chi connectivity index (χ4v) is 27.1. The Morgan fingerprint density at radius 1 is 0.444 bits per heavy atom. The number of rotatable bonds is 6. The average Bonchev–Trinajstić information content (AvgIpc) is 3.87. The third-order valence-corrected chi connectivity index (χ3v) is 26.6. The molecule has 45 heavy (non-hydrogen) atoms. The number of hydrogen-bond acceptors (Lipinski definition) is 0. The van der Waals surface area contributed by atoms with Crippen molar-refractivity contribution in [3.8, 4) is 22.3 Å². The maximum absolute atomic E-state index is 3.58. The Balaban J connectivity index is 0.00000179. The van der Waals surface area contributed by atoms with Crippen molar-refractivity contribution < 1.29 is 45.1 Å². The molecule has 2 atom stereocenters. The van der Waals surface area contributed by atoms with E-state index >= 15 is 0 Å². The first kappa shape index (κ1) is 31.8. The quantitative estimate of drug-likeness (QED) is 0.245. The van der Waals surface area contributed by atoms with Gasteiger partial charge in [0.05, 0.1) is 0 Å².